The average molecular weight is 385 g/mol. The van der Waals surface area contributed by atoms with Gasteiger partial charge in [0, 0.05) is 17.3 Å². The zero-order valence-electron chi connectivity index (χ0n) is 15.7. The quantitative estimate of drug-likeness (QED) is 0.799. The van der Waals surface area contributed by atoms with Crippen molar-refractivity contribution in [3.05, 3.63) is 40.8 Å². The number of nitrogens with one attached hydrogen (secondary N) is 1. The van der Waals surface area contributed by atoms with E-state index in [0.29, 0.717) is 11.3 Å². The van der Waals surface area contributed by atoms with Gasteiger partial charge in [-0.15, -0.1) is 11.8 Å². The number of rotatable bonds is 4. The Morgan fingerprint density at radius 2 is 1.78 bits per heavy atom. The SMILES string of the molecule is O=C(CN1C(=O)/C(=C/c2ccccc2)SC2CCCCC21)NC1CCCC1. The summed E-state index contributed by atoms with van der Waals surface area (Å²) in [6.45, 7) is 0.198. The van der Waals surface area contributed by atoms with Crippen molar-refractivity contribution in [2.24, 2.45) is 0 Å². The predicted molar refractivity (Wildman–Crippen MR) is 110 cm³/mol. The van der Waals surface area contributed by atoms with E-state index >= 15 is 0 Å². The van der Waals surface area contributed by atoms with E-state index in [-0.39, 0.29) is 24.4 Å². The molecule has 1 aromatic carbocycles. The van der Waals surface area contributed by atoms with Gasteiger partial charge in [-0.25, -0.2) is 0 Å². The summed E-state index contributed by atoms with van der Waals surface area (Å²) in [5.41, 5.74) is 1.04. The zero-order chi connectivity index (χ0) is 18.6. The molecule has 27 heavy (non-hydrogen) atoms. The topological polar surface area (TPSA) is 49.4 Å². The highest BCUT2D eigenvalue weighted by Gasteiger charge is 2.41. The maximum atomic E-state index is 13.2. The molecule has 2 saturated carbocycles. The summed E-state index contributed by atoms with van der Waals surface area (Å²) < 4.78 is 0. The van der Waals surface area contributed by atoms with Crippen LogP contribution in [-0.2, 0) is 9.59 Å². The lowest BCUT2D eigenvalue weighted by Crippen LogP contribution is -2.55. The fourth-order valence-corrected chi connectivity index (χ4v) is 6.03. The van der Waals surface area contributed by atoms with E-state index in [2.05, 4.69) is 5.32 Å². The summed E-state index contributed by atoms with van der Waals surface area (Å²) in [7, 11) is 0. The fraction of sp³-hybridized carbons (Fsp3) is 0.545. The minimum atomic E-state index is 0.00512. The first-order valence-corrected chi connectivity index (χ1v) is 11.1. The van der Waals surface area contributed by atoms with Crippen LogP contribution in [0.1, 0.15) is 56.9 Å². The molecule has 2 atom stereocenters. The summed E-state index contributed by atoms with van der Waals surface area (Å²) >= 11 is 1.72. The Hall–Kier alpha value is -1.75. The van der Waals surface area contributed by atoms with E-state index in [0.717, 1.165) is 42.6 Å². The van der Waals surface area contributed by atoms with Crippen LogP contribution in [0.4, 0.5) is 0 Å². The zero-order valence-corrected chi connectivity index (χ0v) is 16.5. The third kappa shape index (κ3) is 4.40. The van der Waals surface area contributed by atoms with Crippen LogP contribution in [-0.4, -0.2) is 40.6 Å². The molecule has 1 aromatic rings. The molecule has 5 heteroatoms. The van der Waals surface area contributed by atoms with Crippen LogP contribution in [0.25, 0.3) is 6.08 Å². The van der Waals surface area contributed by atoms with E-state index in [1.165, 1.54) is 19.3 Å². The molecular formula is C22H28N2O2S. The Kier molecular flexibility index (Phi) is 5.86. The van der Waals surface area contributed by atoms with Gasteiger partial charge in [-0.2, -0.15) is 0 Å². The second-order valence-corrected chi connectivity index (χ2v) is 9.19. The number of hydrogen-bond donors (Lipinski definition) is 1. The van der Waals surface area contributed by atoms with Crippen molar-refractivity contribution in [2.45, 2.75) is 68.7 Å². The number of hydrogen-bond acceptors (Lipinski definition) is 3. The van der Waals surface area contributed by atoms with Crippen molar-refractivity contribution in [3.8, 4) is 0 Å². The molecule has 2 amide bonds. The Labute approximate surface area is 165 Å². The van der Waals surface area contributed by atoms with Gasteiger partial charge in [0.15, 0.2) is 0 Å². The molecule has 1 N–H and O–H groups in total. The molecule has 2 aliphatic carbocycles. The summed E-state index contributed by atoms with van der Waals surface area (Å²) in [5, 5.41) is 3.56. The lowest BCUT2D eigenvalue weighted by Gasteiger charge is -2.44. The minimum Gasteiger partial charge on any atom is -0.352 e. The maximum absolute atomic E-state index is 13.2. The molecule has 3 fully saturated rings. The van der Waals surface area contributed by atoms with E-state index < -0.39 is 0 Å². The van der Waals surface area contributed by atoms with Gasteiger partial charge in [-0.1, -0.05) is 56.0 Å². The van der Waals surface area contributed by atoms with Crippen LogP contribution in [0.3, 0.4) is 0 Å². The van der Waals surface area contributed by atoms with Crippen LogP contribution in [0.5, 0.6) is 0 Å². The molecular weight excluding hydrogens is 356 g/mol. The molecule has 4 nitrogen and oxygen atoms in total. The molecule has 0 spiro atoms. The van der Waals surface area contributed by atoms with Crippen LogP contribution >= 0.6 is 11.8 Å². The molecule has 1 aliphatic heterocycles. The Balaban J connectivity index is 1.52. The van der Waals surface area contributed by atoms with Crippen molar-refractivity contribution in [2.75, 3.05) is 6.54 Å². The molecule has 0 aromatic heterocycles. The van der Waals surface area contributed by atoms with Gasteiger partial charge in [0.05, 0.1) is 4.91 Å². The molecule has 3 aliphatic rings. The summed E-state index contributed by atoms with van der Waals surface area (Å²) in [6.07, 6.45) is 11.0. The van der Waals surface area contributed by atoms with E-state index in [4.69, 9.17) is 0 Å². The predicted octanol–water partition coefficient (Wildman–Crippen LogP) is 3.97. The molecule has 4 rings (SSSR count). The van der Waals surface area contributed by atoms with Crippen molar-refractivity contribution >= 4 is 29.7 Å². The fourth-order valence-electron chi connectivity index (χ4n) is 4.56. The normalized spacial score (nSPS) is 27.6. The van der Waals surface area contributed by atoms with E-state index in [1.807, 2.05) is 41.3 Å². The standard InChI is InChI=1S/C22H28N2O2S/c25-21(23-17-10-4-5-11-17)15-24-18-12-6-7-13-19(18)27-20(22(24)26)14-16-8-2-1-3-9-16/h1-3,8-9,14,17-19H,4-7,10-13,15H2,(H,23,25)/b20-14-. The summed E-state index contributed by atoms with van der Waals surface area (Å²) in [6, 6.07) is 10.5. The smallest absolute Gasteiger partial charge is 0.261 e. The van der Waals surface area contributed by atoms with Gasteiger partial charge >= 0.3 is 0 Å². The number of carbonyl (C=O) groups is 2. The highest BCUT2D eigenvalue weighted by atomic mass is 32.2. The van der Waals surface area contributed by atoms with Gasteiger partial charge in [0.1, 0.15) is 6.54 Å². The first-order chi connectivity index (χ1) is 13.2. The van der Waals surface area contributed by atoms with Gasteiger partial charge in [-0.05, 0) is 37.3 Å². The lowest BCUT2D eigenvalue weighted by atomic mass is 9.93. The van der Waals surface area contributed by atoms with Gasteiger partial charge in [0.2, 0.25) is 5.91 Å². The number of thioether (sulfide) groups is 1. The van der Waals surface area contributed by atoms with Gasteiger partial charge in [0.25, 0.3) is 5.91 Å². The number of nitrogens with zero attached hydrogens (tertiary/aromatic N) is 1. The van der Waals surface area contributed by atoms with Crippen molar-refractivity contribution in [1.82, 2.24) is 10.2 Å². The first-order valence-electron chi connectivity index (χ1n) is 10.2. The first kappa shape index (κ1) is 18.6. The van der Waals surface area contributed by atoms with E-state index in [9.17, 15) is 9.59 Å². The summed E-state index contributed by atoms with van der Waals surface area (Å²) in [4.78, 5) is 28.5. The van der Waals surface area contributed by atoms with Gasteiger partial charge in [-0.3, -0.25) is 9.59 Å². The second kappa shape index (κ2) is 8.51. The van der Waals surface area contributed by atoms with Crippen LogP contribution in [0.2, 0.25) is 0 Å². The Morgan fingerprint density at radius 3 is 2.56 bits per heavy atom. The van der Waals surface area contributed by atoms with Crippen LogP contribution in [0, 0.1) is 0 Å². The summed E-state index contributed by atoms with van der Waals surface area (Å²) in [5.74, 6) is 0.0270. The van der Waals surface area contributed by atoms with Crippen LogP contribution in [0.15, 0.2) is 35.2 Å². The lowest BCUT2D eigenvalue weighted by molar-refractivity contribution is -0.135. The van der Waals surface area contributed by atoms with Crippen molar-refractivity contribution in [1.29, 1.82) is 0 Å². The molecule has 0 radical (unpaired) electrons. The molecule has 0 bridgehead atoms. The molecule has 2 unspecified atom stereocenters. The van der Waals surface area contributed by atoms with E-state index in [1.54, 1.807) is 11.8 Å². The highest BCUT2D eigenvalue weighted by Crippen LogP contribution is 2.42. The number of amides is 2. The maximum Gasteiger partial charge on any atom is 0.261 e. The second-order valence-electron chi connectivity index (χ2n) is 7.91. The average Bonchev–Trinajstić information content (AvgIpc) is 3.19. The minimum absolute atomic E-state index is 0.00512. The highest BCUT2D eigenvalue weighted by molar-refractivity contribution is 8.04. The van der Waals surface area contributed by atoms with Crippen molar-refractivity contribution < 1.29 is 9.59 Å². The third-order valence-corrected chi connectivity index (χ3v) is 7.35. The van der Waals surface area contributed by atoms with Gasteiger partial charge < -0.3 is 10.2 Å². The monoisotopic (exact) mass is 384 g/mol. The number of fused-ring (bicyclic) bond motifs is 1. The van der Waals surface area contributed by atoms with Crippen molar-refractivity contribution in [3.63, 3.8) is 0 Å². The van der Waals surface area contributed by atoms with Crippen LogP contribution < -0.4 is 5.32 Å². The number of benzene rings is 1. The third-order valence-electron chi connectivity index (χ3n) is 5.95. The number of carbonyl (C=O) groups excluding carboxylic acids is 2. The molecule has 1 heterocycles. The largest absolute Gasteiger partial charge is 0.352 e. The molecule has 1 saturated heterocycles. The molecule has 144 valence electrons. The Bertz CT molecular complexity index is 712. The Morgan fingerprint density at radius 1 is 1.07 bits per heavy atom.